The van der Waals surface area contributed by atoms with Crippen LogP contribution in [0.2, 0.25) is 0 Å². The number of rotatable bonds is 8. The van der Waals surface area contributed by atoms with E-state index in [1.165, 1.54) is 18.4 Å². The van der Waals surface area contributed by atoms with Gasteiger partial charge < -0.3 is 9.84 Å². The van der Waals surface area contributed by atoms with Crippen molar-refractivity contribution < 1.29 is 19.5 Å². The van der Waals surface area contributed by atoms with Crippen LogP contribution in [0, 0.1) is 0 Å². The zero-order valence-electron chi connectivity index (χ0n) is 15.0. The van der Waals surface area contributed by atoms with Gasteiger partial charge in [0.1, 0.15) is 17.7 Å². The lowest BCUT2D eigenvalue weighted by atomic mass is 10.1. The van der Waals surface area contributed by atoms with Gasteiger partial charge in [-0.25, -0.2) is 4.79 Å². The summed E-state index contributed by atoms with van der Waals surface area (Å²) in [7, 11) is 0. The molecule has 27 heavy (non-hydrogen) atoms. The molecule has 0 heterocycles. The molecule has 3 aromatic rings. The number of ether oxygens (including phenoxy) is 1. The van der Waals surface area contributed by atoms with Gasteiger partial charge in [-0.3, -0.25) is 10.3 Å². The number of benzene rings is 3. The highest BCUT2D eigenvalue weighted by Crippen LogP contribution is 2.21. The van der Waals surface area contributed by atoms with Crippen LogP contribution in [0.3, 0.4) is 0 Å². The zero-order chi connectivity index (χ0) is 19.1. The molecule has 2 N–H and O–H groups in total. The second kappa shape index (κ2) is 8.87. The summed E-state index contributed by atoms with van der Waals surface area (Å²) in [5, 5.41) is 11.4. The molecule has 5 heteroatoms. The van der Waals surface area contributed by atoms with Crippen LogP contribution in [0.4, 0.5) is 0 Å². The monoisotopic (exact) mass is 363 g/mol. The highest BCUT2D eigenvalue weighted by Gasteiger charge is 2.06. The van der Waals surface area contributed by atoms with E-state index in [0.29, 0.717) is 18.1 Å². The molecule has 0 unspecified atom stereocenters. The maximum absolute atomic E-state index is 11.1. The van der Waals surface area contributed by atoms with Crippen molar-refractivity contribution in [2.45, 2.75) is 13.3 Å². The van der Waals surface area contributed by atoms with Crippen LogP contribution < -0.4 is 10.2 Å². The van der Waals surface area contributed by atoms with Gasteiger partial charge in [0.15, 0.2) is 0 Å². The number of nitrogens with one attached hydrogen (secondary N) is 1. The summed E-state index contributed by atoms with van der Waals surface area (Å²) in [5.41, 5.74) is 4.65. The summed E-state index contributed by atoms with van der Waals surface area (Å²) >= 11 is 0. The van der Waals surface area contributed by atoms with Gasteiger partial charge in [-0.1, -0.05) is 49.4 Å². The van der Waals surface area contributed by atoms with Crippen LogP contribution in [0.15, 0.2) is 73.0 Å². The first kappa shape index (κ1) is 18.5. The Morgan fingerprint density at radius 3 is 2.59 bits per heavy atom. The highest BCUT2D eigenvalue weighted by atomic mass is 16.6. The van der Waals surface area contributed by atoms with Gasteiger partial charge in [-0.2, -0.15) is 0 Å². The minimum atomic E-state index is -0.997. The van der Waals surface area contributed by atoms with Crippen molar-refractivity contribution in [1.82, 2.24) is 5.48 Å². The average molecular weight is 363 g/mol. The molecular formula is C22H21NO4. The SMILES string of the molecule is CCCONC(=COc1cccc(C(=O)O)c1)c1ccc2ccccc2c1. The Hall–Kier alpha value is -3.31. The van der Waals surface area contributed by atoms with Crippen molar-refractivity contribution in [3.63, 3.8) is 0 Å². The van der Waals surface area contributed by atoms with E-state index in [2.05, 4.69) is 11.5 Å². The molecule has 5 nitrogen and oxygen atoms in total. The summed E-state index contributed by atoms with van der Waals surface area (Å²) in [6.45, 7) is 2.58. The first-order valence-corrected chi connectivity index (χ1v) is 8.74. The molecule has 0 aliphatic heterocycles. The van der Waals surface area contributed by atoms with E-state index < -0.39 is 5.97 Å². The number of hydrogen-bond acceptors (Lipinski definition) is 4. The summed E-state index contributed by atoms with van der Waals surface area (Å²) in [5.74, 6) is -0.561. The number of carboxylic acid groups (broad SMARTS) is 1. The Bertz CT molecular complexity index is 965. The summed E-state index contributed by atoms with van der Waals surface area (Å²) in [4.78, 5) is 16.6. The van der Waals surface area contributed by atoms with Gasteiger partial charge in [0.05, 0.1) is 12.2 Å². The summed E-state index contributed by atoms with van der Waals surface area (Å²) < 4.78 is 5.69. The molecule has 0 saturated carbocycles. The molecule has 0 radical (unpaired) electrons. The number of hydroxylamine groups is 1. The molecule has 0 aromatic heterocycles. The second-order valence-corrected chi connectivity index (χ2v) is 5.99. The van der Waals surface area contributed by atoms with E-state index in [-0.39, 0.29) is 5.56 Å². The maximum Gasteiger partial charge on any atom is 0.335 e. The number of fused-ring (bicyclic) bond motifs is 1. The number of carboxylic acids is 1. The van der Waals surface area contributed by atoms with Crippen molar-refractivity contribution in [2.24, 2.45) is 0 Å². The Labute approximate surface area is 157 Å². The second-order valence-electron chi connectivity index (χ2n) is 5.99. The van der Waals surface area contributed by atoms with E-state index in [1.807, 2.05) is 43.3 Å². The molecule has 0 aliphatic rings. The molecule has 0 amide bonds. The van der Waals surface area contributed by atoms with Gasteiger partial charge in [-0.15, -0.1) is 0 Å². The number of hydrogen-bond donors (Lipinski definition) is 2. The van der Waals surface area contributed by atoms with Gasteiger partial charge in [-0.05, 0) is 41.5 Å². The normalized spacial score (nSPS) is 11.4. The molecular weight excluding hydrogens is 342 g/mol. The number of aromatic carboxylic acids is 1. The van der Waals surface area contributed by atoms with E-state index >= 15 is 0 Å². The first-order valence-electron chi connectivity index (χ1n) is 8.74. The highest BCUT2D eigenvalue weighted by molar-refractivity contribution is 5.88. The minimum Gasteiger partial charge on any atom is -0.478 e. The smallest absolute Gasteiger partial charge is 0.335 e. The van der Waals surface area contributed by atoms with E-state index in [1.54, 1.807) is 12.1 Å². The maximum atomic E-state index is 11.1. The van der Waals surface area contributed by atoms with Crippen molar-refractivity contribution in [1.29, 1.82) is 0 Å². The molecule has 0 fully saturated rings. The van der Waals surface area contributed by atoms with Crippen molar-refractivity contribution in [3.05, 3.63) is 84.1 Å². The van der Waals surface area contributed by atoms with Crippen LogP contribution in [0.5, 0.6) is 5.75 Å². The minimum absolute atomic E-state index is 0.170. The zero-order valence-corrected chi connectivity index (χ0v) is 15.0. The third kappa shape index (κ3) is 4.86. The molecule has 3 rings (SSSR count). The van der Waals surface area contributed by atoms with Crippen molar-refractivity contribution in [3.8, 4) is 5.75 Å². The lowest BCUT2D eigenvalue weighted by molar-refractivity contribution is 0.0696. The lowest BCUT2D eigenvalue weighted by Gasteiger charge is -2.12. The van der Waals surface area contributed by atoms with Gasteiger partial charge in [0.25, 0.3) is 0 Å². The Kier molecular flexibility index (Phi) is 6.07. The van der Waals surface area contributed by atoms with Crippen LogP contribution in [-0.4, -0.2) is 17.7 Å². The fourth-order valence-corrected chi connectivity index (χ4v) is 2.57. The Balaban J connectivity index is 1.88. The molecule has 0 bridgehead atoms. The standard InChI is InChI=1S/C22H21NO4/c1-2-12-27-23-21(15-26-20-9-5-8-19(14-20)22(24)25)18-11-10-16-6-3-4-7-17(16)13-18/h3-11,13-15,23H,2,12H2,1H3,(H,24,25). The fraction of sp³-hybridized carbons (Fsp3) is 0.136. The van der Waals surface area contributed by atoms with Crippen LogP contribution in [-0.2, 0) is 4.84 Å². The lowest BCUT2D eigenvalue weighted by Crippen LogP contribution is -2.14. The molecule has 0 aliphatic carbocycles. The predicted molar refractivity (Wildman–Crippen MR) is 105 cm³/mol. The third-order valence-corrected chi connectivity index (χ3v) is 3.94. The average Bonchev–Trinajstić information content (AvgIpc) is 2.70. The van der Waals surface area contributed by atoms with Crippen LogP contribution >= 0.6 is 0 Å². The quantitative estimate of drug-likeness (QED) is 0.340. The van der Waals surface area contributed by atoms with Crippen molar-refractivity contribution in [2.75, 3.05) is 6.61 Å². The topological polar surface area (TPSA) is 67.8 Å². The molecule has 138 valence electrons. The fourth-order valence-electron chi connectivity index (χ4n) is 2.57. The van der Waals surface area contributed by atoms with Gasteiger partial charge in [0, 0.05) is 5.56 Å². The first-order chi connectivity index (χ1) is 13.2. The largest absolute Gasteiger partial charge is 0.478 e. The molecule has 0 atom stereocenters. The Morgan fingerprint density at radius 1 is 1.00 bits per heavy atom. The molecule has 0 saturated heterocycles. The molecule has 3 aromatic carbocycles. The van der Waals surface area contributed by atoms with Crippen LogP contribution in [0.1, 0.15) is 29.3 Å². The van der Waals surface area contributed by atoms with Crippen molar-refractivity contribution >= 4 is 22.4 Å². The molecule has 0 spiro atoms. The van der Waals surface area contributed by atoms with E-state index in [0.717, 1.165) is 22.8 Å². The summed E-state index contributed by atoms with van der Waals surface area (Å²) in [6.07, 6.45) is 2.40. The Morgan fingerprint density at radius 2 is 1.81 bits per heavy atom. The number of carbonyl (C=O) groups is 1. The predicted octanol–water partition coefficient (Wildman–Crippen LogP) is 4.85. The van der Waals surface area contributed by atoms with Gasteiger partial charge in [0.2, 0.25) is 0 Å². The summed E-state index contributed by atoms with van der Waals surface area (Å²) in [6, 6.07) is 20.5. The van der Waals surface area contributed by atoms with E-state index in [9.17, 15) is 4.79 Å². The third-order valence-electron chi connectivity index (χ3n) is 3.94. The van der Waals surface area contributed by atoms with Crippen LogP contribution in [0.25, 0.3) is 16.5 Å². The van der Waals surface area contributed by atoms with Gasteiger partial charge >= 0.3 is 5.97 Å². The van der Waals surface area contributed by atoms with E-state index in [4.69, 9.17) is 14.7 Å².